The number of nitroso groups, excluding NO2 is 1. The van der Waals surface area contributed by atoms with Crippen LogP contribution in [0.2, 0.25) is 0 Å². The zero-order chi connectivity index (χ0) is 5.56. The molecule has 2 unspecified atom stereocenters. The van der Waals surface area contributed by atoms with Gasteiger partial charge < -0.3 is 0 Å². The fourth-order valence-electron chi connectivity index (χ4n) is 1.28. The summed E-state index contributed by atoms with van der Waals surface area (Å²) >= 11 is 0. The van der Waals surface area contributed by atoms with Gasteiger partial charge in [0.15, 0.2) is 0 Å². The molecule has 3 rings (SSSR count). The van der Waals surface area contributed by atoms with Crippen LogP contribution in [-0.4, -0.2) is 17.1 Å². The Morgan fingerprint density at radius 1 is 1.50 bits per heavy atom. The van der Waals surface area contributed by atoms with Crippen LogP contribution in [0, 0.1) is 4.91 Å². The van der Waals surface area contributed by atoms with Crippen LogP contribution in [0.3, 0.4) is 0 Å². The highest BCUT2D eigenvalue weighted by Gasteiger charge is 2.40. The smallest absolute Gasteiger partial charge is 0.0713 e. The lowest BCUT2D eigenvalue weighted by Crippen LogP contribution is -2.44. The van der Waals surface area contributed by atoms with Gasteiger partial charge in [0, 0.05) is 0 Å². The van der Waals surface area contributed by atoms with Crippen molar-refractivity contribution in [2.45, 2.75) is 18.5 Å². The molecule has 0 amide bonds. The van der Waals surface area contributed by atoms with Crippen LogP contribution in [-0.2, 0) is 0 Å². The number of hydrogen-bond acceptors (Lipinski definition) is 2. The van der Waals surface area contributed by atoms with Crippen molar-refractivity contribution in [3.8, 4) is 0 Å². The highest BCUT2D eigenvalue weighted by Crippen LogP contribution is 2.33. The molecule has 42 valence electrons. The molecule has 2 bridgehead atoms. The van der Waals surface area contributed by atoms with E-state index in [0.717, 1.165) is 6.42 Å². The van der Waals surface area contributed by atoms with E-state index in [0.29, 0.717) is 12.1 Å². The molecule has 3 heteroatoms. The van der Waals surface area contributed by atoms with Crippen molar-refractivity contribution in [3.63, 3.8) is 0 Å². The maximum absolute atomic E-state index is 9.88. The summed E-state index contributed by atoms with van der Waals surface area (Å²) < 4.78 is 0. The van der Waals surface area contributed by atoms with Gasteiger partial charge in [-0.2, -0.15) is 0 Å². The van der Waals surface area contributed by atoms with Gasteiger partial charge in [0.25, 0.3) is 0 Å². The van der Waals surface area contributed by atoms with E-state index in [1.165, 1.54) is 0 Å². The molecule has 1 fully saturated rings. The fraction of sp³-hybridized carbons (Fsp3) is 0.600. The van der Waals surface area contributed by atoms with Crippen molar-refractivity contribution in [1.82, 2.24) is 5.01 Å². The summed E-state index contributed by atoms with van der Waals surface area (Å²) in [6.07, 6.45) is 5.17. The van der Waals surface area contributed by atoms with Gasteiger partial charge in [-0.15, -0.1) is 4.91 Å². The second kappa shape index (κ2) is 1.10. The molecule has 0 spiro atoms. The van der Waals surface area contributed by atoms with Crippen LogP contribution in [0.1, 0.15) is 6.42 Å². The first-order chi connectivity index (χ1) is 3.92. The quantitative estimate of drug-likeness (QED) is 0.367. The molecule has 8 heavy (non-hydrogen) atoms. The second-order valence-electron chi connectivity index (χ2n) is 2.22. The number of nitrogens with zero attached hydrogens (tertiary/aromatic N) is 2. The van der Waals surface area contributed by atoms with Gasteiger partial charge in [-0.3, -0.25) is 0 Å². The molecule has 0 aromatic carbocycles. The van der Waals surface area contributed by atoms with Crippen LogP contribution in [0.5, 0.6) is 0 Å². The molecular weight excluding hydrogens is 104 g/mol. The molecule has 0 radical (unpaired) electrons. The van der Waals surface area contributed by atoms with E-state index < -0.39 is 0 Å². The van der Waals surface area contributed by atoms with Gasteiger partial charge in [-0.1, -0.05) is 12.2 Å². The Morgan fingerprint density at radius 3 is 2.38 bits per heavy atom. The molecule has 1 aliphatic carbocycles. The normalized spacial score (nSPS) is 39.8. The Balaban J connectivity index is 2.18. The lowest BCUT2D eigenvalue weighted by Gasteiger charge is -2.34. The standard InChI is InChI=1S/C5H6N2O/c8-6-7-4-1-2-5(7)3-4/h1-2,4-5H,3H2. The van der Waals surface area contributed by atoms with Crippen molar-refractivity contribution in [2.24, 2.45) is 5.29 Å². The monoisotopic (exact) mass is 110 g/mol. The lowest BCUT2D eigenvalue weighted by atomic mass is 10.1. The van der Waals surface area contributed by atoms with Crippen LogP contribution < -0.4 is 0 Å². The summed E-state index contributed by atoms with van der Waals surface area (Å²) in [6.45, 7) is 0. The first-order valence-corrected chi connectivity index (χ1v) is 2.72. The zero-order valence-electron chi connectivity index (χ0n) is 4.32. The molecule has 2 heterocycles. The summed E-state index contributed by atoms with van der Waals surface area (Å²) in [5.41, 5.74) is 0. The highest BCUT2D eigenvalue weighted by molar-refractivity contribution is 5.19. The Labute approximate surface area is 46.9 Å². The minimum absolute atomic E-state index is 0.345. The zero-order valence-corrected chi connectivity index (χ0v) is 4.32. The average Bonchev–Trinajstić information content (AvgIpc) is 2.19. The van der Waals surface area contributed by atoms with Crippen molar-refractivity contribution >= 4 is 0 Å². The van der Waals surface area contributed by atoms with E-state index >= 15 is 0 Å². The Morgan fingerprint density at radius 2 is 2.12 bits per heavy atom. The summed E-state index contributed by atoms with van der Waals surface area (Å²) in [5.74, 6) is 0. The molecule has 1 saturated heterocycles. The third-order valence-electron chi connectivity index (χ3n) is 1.81. The predicted molar refractivity (Wildman–Crippen MR) is 29.0 cm³/mol. The van der Waals surface area contributed by atoms with E-state index in [-0.39, 0.29) is 0 Å². The Kier molecular flexibility index (Phi) is 0.559. The van der Waals surface area contributed by atoms with Gasteiger partial charge in [-0.05, 0) is 6.42 Å². The van der Waals surface area contributed by atoms with Crippen LogP contribution in [0.15, 0.2) is 17.4 Å². The van der Waals surface area contributed by atoms with Gasteiger partial charge in [-0.25, -0.2) is 5.01 Å². The number of hydrogen-bond donors (Lipinski definition) is 0. The molecule has 0 N–H and O–H groups in total. The van der Waals surface area contributed by atoms with E-state index in [2.05, 4.69) is 5.29 Å². The van der Waals surface area contributed by atoms with Gasteiger partial charge in [0.05, 0.1) is 17.4 Å². The Hall–Kier alpha value is -0.860. The largest absolute Gasteiger partial charge is 0.247 e. The molecule has 2 aliphatic heterocycles. The summed E-state index contributed by atoms with van der Waals surface area (Å²) in [4.78, 5) is 9.88. The van der Waals surface area contributed by atoms with Crippen LogP contribution in [0.4, 0.5) is 0 Å². The second-order valence-corrected chi connectivity index (χ2v) is 2.22. The first kappa shape index (κ1) is 4.06. The molecular formula is C5H6N2O. The molecule has 0 aromatic heterocycles. The molecule has 0 aromatic rings. The molecule has 0 saturated carbocycles. The van der Waals surface area contributed by atoms with Gasteiger partial charge in [0.2, 0.25) is 0 Å². The van der Waals surface area contributed by atoms with Gasteiger partial charge >= 0.3 is 0 Å². The van der Waals surface area contributed by atoms with Crippen LogP contribution >= 0.6 is 0 Å². The summed E-state index contributed by atoms with van der Waals surface area (Å²) in [6, 6.07) is 0.690. The van der Waals surface area contributed by atoms with Gasteiger partial charge in [0.1, 0.15) is 0 Å². The minimum atomic E-state index is 0.345. The van der Waals surface area contributed by atoms with Crippen molar-refractivity contribution in [1.29, 1.82) is 0 Å². The fourth-order valence-corrected chi connectivity index (χ4v) is 1.28. The van der Waals surface area contributed by atoms with Crippen LogP contribution in [0.25, 0.3) is 0 Å². The minimum Gasteiger partial charge on any atom is -0.247 e. The Bertz CT molecular complexity index is 143. The summed E-state index contributed by atoms with van der Waals surface area (Å²) in [5, 5.41) is 4.42. The highest BCUT2D eigenvalue weighted by atomic mass is 16.3. The van der Waals surface area contributed by atoms with Crippen molar-refractivity contribution < 1.29 is 0 Å². The molecule has 2 atom stereocenters. The molecule has 3 aliphatic rings. The predicted octanol–water partition coefficient (Wildman–Crippen LogP) is 0.680. The number of rotatable bonds is 1. The van der Waals surface area contributed by atoms with Crippen molar-refractivity contribution in [3.05, 3.63) is 17.1 Å². The first-order valence-electron chi connectivity index (χ1n) is 2.72. The van der Waals surface area contributed by atoms with E-state index in [4.69, 9.17) is 0 Å². The van der Waals surface area contributed by atoms with E-state index in [9.17, 15) is 4.91 Å². The third-order valence-corrected chi connectivity index (χ3v) is 1.81. The van der Waals surface area contributed by atoms with E-state index in [1.807, 2.05) is 12.2 Å². The lowest BCUT2D eigenvalue weighted by molar-refractivity contribution is 0.0987. The topological polar surface area (TPSA) is 32.7 Å². The molecule has 3 nitrogen and oxygen atoms in total. The SMILES string of the molecule is O=NN1C2C=CC1C2. The maximum Gasteiger partial charge on any atom is 0.0713 e. The van der Waals surface area contributed by atoms with E-state index in [1.54, 1.807) is 5.01 Å². The summed E-state index contributed by atoms with van der Waals surface area (Å²) in [7, 11) is 0. The average molecular weight is 110 g/mol. The third kappa shape index (κ3) is 0.268. The van der Waals surface area contributed by atoms with Crippen molar-refractivity contribution in [2.75, 3.05) is 0 Å². The maximum atomic E-state index is 9.88.